The molecule has 1 aliphatic carbocycles. The third-order valence-corrected chi connectivity index (χ3v) is 7.71. The topological polar surface area (TPSA) is 80.0 Å². The van der Waals surface area contributed by atoms with Crippen molar-refractivity contribution in [2.45, 2.75) is 64.5 Å². The summed E-state index contributed by atoms with van der Waals surface area (Å²) in [6.45, 7) is 10.8. The van der Waals surface area contributed by atoms with Crippen LogP contribution in [0.4, 0.5) is 5.69 Å². The average Bonchev–Trinajstić information content (AvgIpc) is 3.19. The molecule has 0 radical (unpaired) electrons. The zero-order chi connectivity index (χ0) is 23.0. The first-order chi connectivity index (χ1) is 15.9. The third kappa shape index (κ3) is 4.77. The fourth-order valence-electron chi connectivity index (χ4n) is 5.85. The Morgan fingerprint density at radius 2 is 2.00 bits per heavy atom. The Morgan fingerprint density at radius 3 is 2.76 bits per heavy atom. The molecule has 0 unspecified atom stereocenters. The van der Waals surface area contributed by atoms with Gasteiger partial charge in [-0.2, -0.15) is 5.10 Å². The average molecular weight is 452 g/mol. The Labute approximate surface area is 196 Å². The van der Waals surface area contributed by atoms with Crippen LogP contribution >= 0.6 is 0 Å². The molecule has 33 heavy (non-hydrogen) atoms. The van der Waals surface area contributed by atoms with Crippen LogP contribution in [-0.2, 0) is 11.3 Å². The molecular formula is C25H37N7O. The second-order valence-electron chi connectivity index (χ2n) is 10.7. The molecule has 4 heterocycles. The molecule has 0 spiro atoms. The van der Waals surface area contributed by atoms with Crippen LogP contribution in [0, 0.1) is 11.3 Å². The number of piperazine rings is 1. The number of guanidine groups is 1. The number of nitrogens with one attached hydrogen (secondary N) is 2. The molecule has 5 rings (SSSR count). The van der Waals surface area contributed by atoms with E-state index < -0.39 is 0 Å². The molecule has 8 nitrogen and oxygen atoms in total. The zero-order valence-electron chi connectivity index (χ0n) is 20.0. The summed E-state index contributed by atoms with van der Waals surface area (Å²) < 4.78 is 1.86. The van der Waals surface area contributed by atoms with Gasteiger partial charge in [0.15, 0.2) is 0 Å². The minimum absolute atomic E-state index is 0.0985. The molecule has 0 aromatic carbocycles. The van der Waals surface area contributed by atoms with Gasteiger partial charge in [0.1, 0.15) is 0 Å². The first-order valence-corrected chi connectivity index (χ1v) is 12.5. The van der Waals surface area contributed by atoms with E-state index in [9.17, 15) is 4.79 Å². The predicted octanol–water partition coefficient (Wildman–Crippen LogP) is 3.07. The molecule has 3 fully saturated rings. The standard InChI is InChI=1S/C25H37N7O/c1-25(2)18-29(12-13-30(25)17-19-6-4-3-5-7-19)16-20-8-11-32-21(14-20)22(15-27-32)31-10-9-23(33)28-24(31)26/h8,11,14-15,19H,3-7,9-10,12-13,16-18H2,1-2H3,(H2,26,28,33). The summed E-state index contributed by atoms with van der Waals surface area (Å²) in [6.07, 6.45) is 11.2. The van der Waals surface area contributed by atoms with E-state index in [-0.39, 0.29) is 17.4 Å². The molecule has 2 N–H and O–H groups in total. The van der Waals surface area contributed by atoms with Crippen molar-refractivity contribution in [1.29, 1.82) is 5.41 Å². The van der Waals surface area contributed by atoms with Crippen molar-refractivity contribution in [2.24, 2.45) is 5.92 Å². The van der Waals surface area contributed by atoms with Gasteiger partial charge in [-0.15, -0.1) is 0 Å². The van der Waals surface area contributed by atoms with E-state index in [4.69, 9.17) is 5.41 Å². The summed E-state index contributed by atoms with van der Waals surface area (Å²) in [5.74, 6) is 0.909. The molecule has 2 aromatic rings. The molecule has 3 aliphatic rings. The molecule has 1 saturated carbocycles. The van der Waals surface area contributed by atoms with E-state index >= 15 is 0 Å². The Bertz CT molecular complexity index is 1020. The maximum Gasteiger partial charge on any atom is 0.228 e. The summed E-state index contributed by atoms with van der Waals surface area (Å²) in [5.41, 5.74) is 3.29. The van der Waals surface area contributed by atoms with Crippen molar-refractivity contribution in [1.82, 2.24) is 24.7 Å². The van der Waals surface area contributed by atoms with Crippen molar-refractivity contribution >= 4 is 23.1 Å². The van der Waals surface area contributed by atoms with Crippen molar-refractivity contribution in [3.63, 3.8) is 0 Å². The van der Waals surface area contributed by atoms with Gasteiger partial charge in [0.05, 0.1) is 17.4 Å². The monoisotopic (exact) mass is 451 g/mol. The van der Waals surface area contributed by atoms with Crippen LogP contribution in [0.5, 0.6) is 0 Å². The van der Waals surface area contributed by atoms with Crippen LogP contribution in [0.1, 0.15) is 57.9 Å². The van der Waals surface area contributed by atoms with Crippen LogP contribution in [-0.4, -0.2) is 69.5 Å². The van der Waals surface area contributed by atoms with E-state index in [0.717, 1.165) is 43.3 Å². The molecule has 2 aliphatic heterocycles. The largest absolute Gasteiger partial charge is 0.309 e. The quantitative estimate of drug-likeness (QED) is 0.730. The summed E-state index contributed by atoms with van der Waals surface area (Å²) >= 11 is 0. The summed E-state index contributed by atoms with van der Waals surface area (Å²) in [6, 6.07) is 4.34. The normalized spacial score (nSPS) is 23.3. The molecule has 1 amide bonds. The van der Waals surface area contributed by atoms with Crippen LogP contribution in [0.25, 0.3) is 5.52 Å². The Hall–Kier alpha value is -2.45. The van der Waals surface area contributed by atoms with E-state index in [1.165, 1.54) is 44.2 Å². The number of anilines is 1. The van der Waals surface area contributed by atoms with Gasteiger partial charge >= 0.3 is 0 Å². The second-order valence-corrected chi connectivity index (χ2v) is 10.7. The van der Waals surface area contributed by atoms with Crippen molar-refractivity contribution in [3.8, 4) is 0 Å². The summed E-state index contributed by atoms with van der Waals surface area (Å²) in [5, 5.41) is 15.3. The van der Waals surface area contributed by atoms with Gasteiger partial charge in [-0.25, -0.2) is 4.52 Å². The molecule has 2 aromatic heterocycles. The number of pyridine rings is 1. The van der Waals surface area contributed by atoms with Gasteiger partial charge in [-0.3, -0.25) is 25.3 Å². The lowest BCUT2D eigenvalue weighted by molar-refractivity contribution is -0.119. The maximum atomic E-state index is 11.6. The highest BCUT2D eigenvalue weighted by Gasteiger charge is 2.35. The highest BCUT2D eigenvalue weighted by Crippen LogP contribution is 2.30. The van der Waals surface area contributed by atoms with Gasteiger partial charge in [0.2, 0.25) is 11.9 Å². The predicted molar refractivity (Wildman–Crippen MR) is 131 cm³/mol. The number of carbonyl (C=O) groups is 1. The van der Waals surface area contributed by atoms with Crippen molar-refractivity contribution < 1.29 is 4.79 Å². The number of nitrogens with zero attached hydrogens (tertiary/aromatic N) is 5. The summed E-state index contributed by atoms with van der Waals surface area (Å²) in [4.78, 5) is 18.7. The number of amides is 1. The Balaban J connectivity index is 1.27. The molecule has 8 heteroatoms. The van der Waals surface area contributed by atoms with E-state index in [1.54, 1.807) is 6.20 Å². The molecular weight excluding hydrogens is 414 g/mol. The Morgan fingerprint density at radius 1 is 1.18 bits per heavy atom. The number of rotatable bonds is 5. The number of carbonyl (C=O) groups excluding carboxylic acids is 1. The number of aromatic nitrogens is 2. The lowest BCUT2D eigenvalue weighted by Gasteiger charge is -2.48. The smallest absolute Gasteiger partial charge is 0.228 e. The van der Waals surface area contributed by atoms with Crippen LogP contribution in [0.15, 0.2) is 24.5 Å². The maximum absolute atomic E-state index is 11.6. The van der Waals surface area contributed by atoms with Gasteiger partial charge in [-0.1, -0.05) is 19.3 Å². The number of fused-ring (bicyclic) bond motifs is 1. The molecule has 0 bridgehead atoms. The highest BCUT2D eigenvalue weighted by atomic mass is 16.2. The SMILES string of the molecule is CC1(C)CN(Cc2ccn3ncc(N4CCC(=O)NC4=N)c3c2)CCN1CC1CCCCC1. The van der Waals surface area contributed by atoms with Crippen LogP contribution in [0.2, 0.25) is 0 Å². The first-order valence-electron chi connectivity index (χ1n) is 12.5. The van der Waals surface area contributed by atoms with Gasteiger partial charge in [0, 0.05) is 57.4 Å². The second kappa shape index (κ2) is 9.06. The van der Waals surface area contributed by atoms with E-state index in [0.29, 0.717) is 13.0 Å². The van der Waals surface area contributed by atoms with E-state index in [2.05, 4.69) is 46.2 Å². The third-order valence-electron chi connectivity index (χ3n) is 7.71. The number of hydrogen-bond acceptors (Lipinski definition) is 5. The fourth-order valence-corrected chi connectivity index (χ4v) is 5.85. The summed E-state index contributed by atoms with van der Waals surface area (Å²) in [7, 11) is 0. The van der Waals surface area contributed by atoms with Crippen LogP contribution in [0.3, 0.4) is 0 Å². The van der Waals surface area contributed by atoms with Crippen molar-refractivity contribution in [3.05, 3.63) is 30.1 Å². The highest BCUT2D eigenvalue weighted by molar-refractivity contribution is 6.08. The van der Waals surface area contributed by atoms with Gasteiger partial charge in [0.25, 0.3) is 0 Å². The van der Waals surface area contributed by atoms with Crippen LogP contribution < -0.4 is 10.2 Å². The fraction of sp³-hybridized carbons (Fsp3) is 0.640. The Kier molecular flexibility index (Phi) is 6.14. The van der Waals surface area contributed by atoms with Gasteiger partial charge < -0.3 is 4.90 Å². The first kappa shape index (κ1) is 22.3. The molecule has 2 saturated heterocycles. The minimum atomic E-state index is -0.0985. The lowest BCUT2D eigenvalue weighted by atomic mass is 9.87. The molecule has 0 atom stereocenters. The van der Waals surface area contributed by atoms with E-state index in [1.807, 2.05) is 15.6 Å². The number of hydrogen-bond donors (Lipinski definition) is 2. The minimum Gasteiger partial charge on any atom is -0.309 e. The van der Waals surface area contributed by atoms with Gasteiger partial charge in [-0.05, 0) is 50.3 Å². The zero-order valence-corrected chi connectivity index (χ0v) is 20.0. The molecule has 178 valence electrons. The lowest BCUT2D eigenvalue weighted by Crippen LogP contribution is -2.59. The van der Waals surface area contributed by atoms with Crippen molar-refractivity contribution in [2.75, 3.05) is 37.6 Å².